The van der Waals surface area contributed by atoms with Crippen LogP contribution in [-0.2, 0) is 11.2 Å². The summed E-state index contributed by atoms with van der Waals surface area (Å²) < 4.78 is 10.9. The van der Waals surface area contributed by atoms with E-state index in [1.54, 1.807) is 13.3 Å². The van der Waals surface area contributed by atoms with Crippen molar-refractivity contribution in [3.05, 3.63) is 66.4 Å². The van der Waals surface area contributed by atoms with Gasteiger partial charge in [-0.2, -0.15) is 0 Å². The van der Waals surface area contributed by atoms with Crippen molar-refractivity contribution in [2.75, 3.05) is 20.3 Å². The zero-order valence-electron chi connectivity index (χ0n) is 14.1. The van der Waals surface area contributed by atoms with Crippen LogP contribution >= 0.6 is 0 Å². The highest BCUT2D eigenvalue weighted by molar-refractivity contribution is 5.84. The van der Waals surface area contributed by atoms with E-state index in [9.17, 15) is 4.79 Å². The second-order valence-corrected chi connectivity index (χ2v) is 5.56. The number of nitrogens with zero attached hydrogens (tertiary/aromatic N) is 1. The van der Waals surface area contributed by atoms with E-state index in [1.165, 1.54) is 0 Å². The van der Waals surface area contributed by atoms with Crippen molar-refractivity contribution in [2.24, 2.45) is 0 Å². The molecule has 0 aliphatic carbocycles. The molecule has 0 atom stereocenters. The lowest BCUT2D eigenvalue weighted by molar-refractivity contribution is -0.120. The van der Waals surface area contributed by atoms with E-state index in [4.69, 9.17) is 9.47 Å². The number of ether oxygens (including phenoxy) is 2. The summed E-state index contributed by atoms with van der Waals surface area (Å²) in [5.41, 5.74) is 1.74. The summed E-state index contributed by atoms with van der Waals surface area (Å²) in [7, 11) is 1.61. The number of carbonyl (C=O) groups excluding carboxylic acids is 1. The molecular weight excluding hydrogens is 316 g/mol. The molecule has 0 bridgehead atoms. The van der Waals surface area contributed by atoms with Crippen LogP contribution in [0.1, 0.15) is 5.56 Å². The van der Waals surface area contributed by atoms with Crippen LogP contribution in [0.4, 0.5) is 0 Å². The molecule has 0 radical (unpaired) electrons. The molecular formula is C20H20N2O3. The quantitative estimate of drug-likeness (QED) is 0.674. The van der Waals surface area contributed by atoms with E-state index in [1.807, 2.05) is 54.6 Å². The summed E-state index contributed by atoms with van der Waals surface area (Å²) in [5, 5.41) is 3.89. The van der Waals surface area contributed by atoms with E-state index < -0.39 is 0 Å². The largest absolute Gasteiger partial charge is 0.497 e. The third-order valence-corrected chi connectivity index (χ3v) is 3.78. The van der Waals surface area contributed by atoms with E-state index in [0.717, 1.165) is 28.0 Å². The average molecular weight is 336 g/mol. The van der Waals surface area contributed by atoms with Crippen molar-refractivity contribution in [1.29, 1.82) is 0 Å². The molecule has 0 fully saturated rings. The molecule has 5 heteroatoms. The van der Waals surface area contributed by atoms with Crippen molar-refractivity contribution in [2.45, 2.75) is 6.42 Å². The van der Waals surface area contributed by atoms with Gasteiger partial charge in [0.05, 0.1) is 20.1 Å². The Bertz CT molecular complexity index is 859. The summed E-state index contributed by atoms with van der Waals surface area (Å²) in [6, 6.07) is 17.2. The molecule has 0 saturated carbocycles. The third-order valence-electron chi connectivity index (χ3n) is 3.78. The Kier molecular flexibility index (Phi) is 5.46. The smallest absolute Gasteiger partial charge is 0.224 e. The number of pyridine rings is 1. The number of fused-ring (bicyclic) bond motifs is 1. The fraction of sp³-hybridized carbons (Fsp3) is 0.200. The van der Waals surface area contributed by atoms with Crippen LogP contribution in [0, 0.1) is 0 Å². The number of hydrogen-bond donors (Lipinski definition) is 1. The summed E-state index contributed by atoms with van der Waals surface area (Å²) in [4.78, 5) is 16.4. The second kappa shape index (κ2) is 8.15. The number of aromatic nitrogens is 1. The maximum atomic E-state index is 12.0. The molecule has 2 aromatic carbocycles. The number of rotatable bonds is 7. The molecule has 0 aliphatic rings. The molecule has 128 valence electrons. The van der Waals surface area contributed by atoms with E-state index in [-0.39, 0.29) is 5.91 Å². The molecule has 3 aromatic rings. The Morgan fingerprint density at radius 3 is 2.84 bits per heavy atom. The highest BCUT2D eigenvalue weighted by atomic mass is 16.5. The van der Waals surface area contributed by atoms with Crippen molar-refractivity contribution in [1.82, 2.24) is 10.3 Å². The number of para-hydroxylation sites is 1. The van der Waals surface area contributed by atoms with Crippen molar-refractivity contribution >= 4 is 16.8 Å². The Morgan fingerprint density at radius 1 is 1.12 bits per heavy atom. The number of benzene rings is 2. The van der Waals surface area contributed by atoms with Gasteiger partial charge < -0.3 is 14.8 Å². The molecule has 25 heavy (non-hydrogen) atoms. The minimum absolute atomic E-state index is 0.0482. The highest BCUT2D eigenvalue weighted by Gasteiger charge is 2.05. The van der Waals surface area contributed by atoms with Gasteiger partial charge >= 0.3 is 0 Å². The first kappa shape index (κ1) is 16.8. The van der Waals surface area contributed by atoms with Crippen LogP contribution in [0.15, 0.2) is 60.8 Å². The minimum Gasteiger partial charge on any atom is -0.497 e. The fourth-order valence-electron chi connectivity index (χ4n) is 2.57. The maximum absolute atomic E-state index is 12.0. The number of nitrogens with one attached hydrogen (secondary N) is 1. The van der Waals surface area contributed by atoms with Crippen LogP contribution in [0.25, 0.3) is 10.9 Å². The van der Waals surface area contributed by atoms with Crippen LogP contribution in [0.5, 0.6) is 11.5 Å². The molecule has 0 aliphatic heterocycles. The van der Waals surface area contributed by atoms with Crippen molar-refractivity contribution in [3.8, 4) is 11.5 Å². The van der Waals surface area contributed by atoms with Crippen LogP contribution in [0.3, 0.4) is 0 Å². The van der Waals surface area contributed by atoms with Gasteiger partial charge in [-0.15, -0.1) is 0 Å². The standard InChI is InChI=1S/C20H20N2O3/c1-24-17-8-2-5-15(13-17)14-19(23)21-11-12-25-18-9-3-6-16-7-4-10-22-20(16)18/h2-10,13H,11-12,14H2,1H3,(H,21,23). The predicted molar refractivity (Wildman–Crippen MR) is 96.9 cm³/mol. The minimum atomic E-state index is -0.0482. The van der Waals surface area contributed by atoms with E-state index >= 15 is 0 Å². The van der Waals surface area contributed by atoms with Gasteiger partial charge in [-0.25, -0.2) is 0 Å². The SMILES string of the molecule is COc1cccc(CC(=O)NCCOc2cccc3cccnc23)c1. The third kappa shape index (κ3) is 4.47. The molecule has 1 heterocycles. The zero-order valence-corrected chi connectivity index (χ0v) is 14.1. The Labute approximate surface area is 146 Å². The molecule has 0 saturated heterocycles. The van der Waals surface area contributed by atoms with Gasteiger partial charge in [0.25, 0.3) is 0 Å². The molecule has 3 rings (SSSR count). The first-order valence-corrected chi connectivity index (χ1v) is 8.12. The monoisotopic (exact) mass is 336 g/mol. The van der Waals surface area contributed by atoms with Gasteiger partial charge in [0.15, 0.2) is 0 Å². The Morgan fingerprint density at radius 2 is 1.96 bits per heavy atom. The molecule has 1 amide bonds. The fourth-order valence-corrected chi connectivity index (χ4v) is 2.57. The summed E-state index contributed by atoms with van der Waals surface area (Å²) in [5.74, 6) is 1.42. The Hall–Kier alpha value is -3.08. The van der Waals surface area contributed by atoms with Crippen LogP contribution < -0.4 is 14.8 Å². The normalized spacial score (nSPS) is 10.4. The summed E-state index contributed by atoms with van der Waals surface area (Å²) in [6.45, 7) is 0.825. The van der Waals surface area contributed by atoms with E-state index in [0.29, 0.717) is 19.6 Å². The van der Waals surface area contributed by atoms with Gasteiger partial charge in [-0.3, -0.25) is 9.78 Å². The van der Waals surface area contributed by atoms with Crippen LogP contribution in [0.2, 0.25) is 0 Å². The predicted octanol–water partition coefficient (Wildman–Crippen LogP) is 2.98. The molecule has 5 nitrogen and oxygen atoms in total. The van der Waals surface area contributed by atoms with Gasteiger partial charge in [0, 0.05) is 11.6 Å². The number of amides is 1. The van der Waals surface area contributed by atoms with Gasteiger partial charge in [-0.05, 0) is 29.8 Å². The zero-order chi connectivity index (χ0) is 17.5. The van der Waals surface area contributed by atoms with Gasteiger partial charge in [-0.1, -0.05) is 30.3 Å². The average Bonchev–Trinajstić information content (AvgIpc) is 2.65. The van der Waals surface area contributed by atoms with Gasteiger partial charge in [0.2, 0.25) is 5.91 Å². The lowest BCUT2D eigenvalue weighted by Crippen LogP contribution is -2.29. The van der Waals surface area contributed by atoms with Crippen molar-refractivity contribution in [3.63, 3.8) is 0 Å². The van der Waals surface area contributed by atoms with E-state index in [2.05, 4.69) is 10.3 Å². The molecule has 0 unspecified atom stereocenters. The second-order valence-electron chi connectivity index (χ2n) is 5.56. The first-order valence-electron chi connectivity index (χ1n) is 8.12. The Balaban J connectivity index is 1.48. The number of hydrogen-bond acceptors (Lipinski definition) is 4. The number of carbonyl (C=O) groups is 1. The van der Waals surface area contributed by atoms with Gasteiger partial charge in [0.1, 0.15) is 23.6 Å². The number of methoxy groups -OCH3 is 1. The lowest BCUT2D eigenvalue weighted by Gasteiger charge is -2.10. The molecule has 1 N–H and O–H groups in total. The first-order chi connectivity index (χ1) is 12.3. The summed E-state index contributed by atoms with van der Waals surface area (Å²) >= 11 is 0. The highest BCUT2D eigenvalue weighted by Crippen LogP contribution is 2.22. The summed E-state index contributed by atoms with van der Waals surface area (Å²) in [6.07, 6.45) is 2.05. The lowest BCUT2D eigenvalue weighted by atomic mass is 10.1. The van der Waals surface area contributed by atoms with Crippen LogP contribution in [-0.4, -0.2) is 31.2 Å². The maximum Gasteiger partial charge on any atom is 0.224 e. The molecule has 1 aromatic heterocycles. The topological polar surface area (TPSA) is 60.5 Å². The van der Waals surface area contributed by atoms with Crippen molar-refractivity contribution < 1.29 is 14.3 Å². The molecule has 0 spiro atoms.